The Morgan fingerprint density at radius 2 is 2.00 bits per heavy atom. The van der Waals surface area contributed by atoms with Crippen molar-refractivity contribution in [1.29, 1.82) is 0 Å². The summed E-state index contributed by atoms with van der Waals surface area (Å²) in [7, 11) is 3.39. The summed E-state index contributed by atoms with van der Waals surface area (Å²) in [4.78, 5) is 24.0. The first-order valence-electron chi connectivity index (χ1n) is 6.33. The van der Waals surface area contributed by atoms with Crippen LogP contribution in [-0.2, 0) is 18.4 Å². The molecule has 0 N–H and O–H groups in total. The van der Waals surface area contributed by atoms with E-state index in [-0.39, 0.29) is 11.6 Å². The highest BCUT2D eigenvalue weighted by Gasteiger charge is 2.15. The molecule has 0 bridgehead atoms. The van der Waals surface area contributed by atoms with Gasteiger partial charge in [-0.15, -0.1) is 0 Å². The van der Waals surface area contributed by atoms with Gasteiger partial charge < -0.3 is 9.30 Å². The maximum atomic E-state index is 12.4. The molecule has 0 saturated heterocycles. The molecule has 0 fully saturated rings. The van der Waals surface area contributed by atoms with Crippen molar-refractivity contribution in [3.63, 3.8) is 0 Å². The quantitative estimate of drug-likeness (QED) is 0.785. The van der Waals surface area contributed by atoms with Crippen LogP contribution in [-0.4, -0.2) is 23.2 Å². The predicted octanol–water partition coefficient (Wildman–Crippen LogP) is 2.61. The van der Waals surface area contributed by atoms with Crippen LogP contribution in [0, 0.1) is 0 Å². The van der Waals surface area contributed by atoms with E-state index in [1.165, 1.54) is 6.92 Å². The number of aromatic nitrogens is 1. The second-order valence-electron chi connectivity index (χ2n) is 4.69. The number of ether oxygens (including phenoxy) is 1. The Balaban J connectivity index is 2.43. The fraction of sp³-hybridized carbons (Fsp3) is 0.250. The Labute approximate surface area is 118 Å². The highest BCUT2D eigenvalue weighted by atomic mass is 16.5. The number of carbonyl (C=O) groups is 2. The van der Waals surface area contributed by atoms with E-state index in [9.17, 15) is 9.59 Å². The van der Waals surface area contributed by atoms with Crippen LogP contribution in [0.25, 0.3) is 0 Å². The number of Topliss-reactive ketones (excluding diaryl/α,β-unsaturated/α-hetero) is 1. The smallest absolute Gasteiger partial charge is 0.209 e. The lowest BCUT2D eigenvalue weighted by atomic mass is 9.99. The molecule has 0 amide bonds. The molecule has 1 aromatic carbocycles. The van der Waals surface area contributed by atoms with Gasteiger partial charge in [-0.05, 0) is 30.7 Å². The molecule has 1 aromatic heterocycles. The lowest BCUT2D eigenvalue weighted by molar-refractivity contribution is 0.100. The minimum absolute atomic E-state index is 0.0325. The first-order chi connectivity index (χ1) is 9.54. The van der Waals surface area contributed by atoms with Gasteiger partial charge >= 0.3 is 0 Å². The summed E-state index contributed by atoms with van der Waals surface area (Å²) in [6.45, 7) is 1.82. The molecule has 20 heavy (non-hydrogen) atoms. The zero-order valence-electron chi connectivity index (χ0n) is 11.8. The van der Waals surface area contributed by atoms with Crippen LogP contribution in [0.15, 0.2) is 36.5 Å². The first kappa shape index (κ1) is 14.2. The van der Waals surface area contributed by atoms with E-state index in [1.54, 1.807) is 35.9 Å². The van der Waals surface area contributed by atoms with Crippen molar-refractivity contribution >= 4 is 11.6 Å². The number of ketones is 2. The Morgan fingerprint density at radius 3 is 2.55 bits per heavy atom. The summed E-state index contributed by atoms with van der Waals surface area (Å²) in [6, 6.07) is 8.71. The maximum Gasteiger partial charge on any atom is 0.209 e. The van der Waals surface area contributed by atoms with Crippen LogP contribution < -0.4 is 0 Å². The third-order valence-electron chi connectivity index (χ3n) is 3.22. The SMILES string of the molecule is COCc1cc(C(=O)c2cccn2C)ccc1C(C)=O. The van der Waals surface area contributed by atoms with E-state index in [2.05, 4.69) is 0 Å². The van der Waals surface area contributed by atoms with E-state index >= 15 is 0 Å². The minimum Gasteiger partial charge on any atom is -0.380 e. The number of benzene rings is 1. The Hall–Kier alpha value is -2.20. The molecule has 0 aliphatic heterocycles. The second-order valence-corrected chi connectivity index (χ2v) is 4.69. The third kappa shape index (κ3) is 2.70. The topological polar surface area (TPSA) is 48.3 Å². The largest absolute Gasteiger partial charge is 0.380 e. The minimum atomic E-state index is -0.0649. The van der Waals surface area contributed by atoms with Crippen molar-refractivity contribution in [1.82, 2.24) is 4.57 Å². The molecule has 0 aliphatic carbocycles. The van der Waals surface area contributed by atoms with Gasteiger partial charge in [0.15, 0.2) is 5.78 Å². The number of carbonyl (C=O) groups excluding carboxylic acids is 2. The van der Waals surface area contributed by atoms with Gasteiger partial charge in [-0.2, -0.15) is 0 Å². The molecule has 1 heterocycles. The first-order valence-corrected chi connectivity index (χ1v) is 6.33. The maximum absolute atomic E-state index is 12.4. The van der Waals surface area contributed by atoms with Crippen LogP contribution in [0.4, 0.5) is 0 Å². The van der Waals surface area contributed by atoms with Crippen LogP contribution >= 0.6 is 0 Å². The van der Waals surface area contributed by atoms with Crippen molar-refractivity contribution in [2.45, 2.75) is 13.5 Å². The number of hydrogen-bond donors (Lipinski definition) is 0. The highest BCUT2D eigenvalue weighted by Crippen LogP contribution is 2.17. The zero-order valence-corrected chi connectivity index (χ0v) is 11.8. The lowest BCUT2D eigenvalue weighted by Gasteiger charge is -2.09. The summed E-state index contributed by atoms with van der Waals surface area (Å²) in [5.74, 6) is -0.0973. The second kappa shape index (κ2) is 5.84. The molecule has 4 heteroatoms. The summed E-state index contributed by atoms with van der Waals surface area (Å²) in [5.41, 5.74) is 2.50. The summed E-state index contributed by atoms with van der Waals surface area (Å²) in [5, 5.41) is 0. The molecule has 104 valence electrons. The molecule has 2 rings (SSSR count). The van der Waals surface area contributed by atoms with E-state index in [4.69, 9.17) is 4.74 Å². The highest BCUT2D eigenvalue weighted by molar-refractivity contribution is 6.08. The van der Waals surface area contributed by atoms with Gasteiger partial charge in [0, 0.05) is 31.5 Å². The van der Waals surface area contributed by atoms with E-state index in [1.807, 2.05) is 19.3 Å². The summed E-state index contributed by atoms with van der Waals surface area (Å²) in [6.07, 6.45) is 1.83. The molecular formula is C16H17NO3. The van der Waals surface area contributed by atoms with Crippen molar-refractivity contribution < 1.29 is 14.3 Å². The average Bonchev–Trinajstić information content (AvgIpc) is 2.84. The van der Waals surface area contributed by atoms with Gasteiger partial charge in [-0.3, -0.25) is 9.59 Å². The molecule has 4 nitrogen and oxygen atoms in total. The van der Waals surface area contributed by atoms with Crippen LogP contribution in [0.5, 0.6) is 0 Å². The average molecular weight is 271 g/mol. The number of rotatable bonds is 5. The third-order valence-corrected chi connectivity index (χ3v) is 3.22. The van der Waals surface area contributed by atoms with Crippen LogP contribution in [0.3, 0.4) is 0 Å². The molecule has 0 unspecified atom stereocenters. The van der Waals surface area contributed by atoms with Gasteiger partial charge in [0.25, 0.3) is 0 Å². The lowest BCUT2D eigenvalue weighted by Crippen LogP contribution is -2.09. The molecular weight excluding hydrogens is 254 g/mol. The standard InChI is InChI=1S/C16H17NO3/c1-11(18)14-7-6-12(9-13(14)10-20-3)16(19)15-5-4-8-17(15)2/h4-9H,10H2,1-3H3. The Morgan fingerprint density at radius 1 is 1.25 bits per heavy atom. The molecule has 0 spiro atoms. The molecule has 2 aromatic rings. The molecule has 0 atom stereocenters. The Bertz CT molecular complexity index is 655. The normalized spacial score (nSPS) is 10.6. The Kier molecular flexibility index (Phi) is 4.15. The van der Waals surface area contributed by atoms with E-state index in [0.717, 1.165) is 5.56 Å². The number of aryl methyl sites for hydroxylation is 1. The number of methoxy groups -OCH3 is 1. The van der Waals surface area contributed by atoms with Gasteiger partial charge in [-0.1, -0.05) is 12.1 Å². The molecule has 0 radical (unpaired) electrons. The van der Waals surface area contributed by atoms with Gasteiger partial charge in [-0.25, -0.2) is 0 Å². The zero-order chi connectivity index (χ0) is 14.7. The molecule has 0 saturated carbocycles. The summed E-state index contributed by atoms with van der Waals surface area (Å²) < 4.78 is 6.87. The fourth-order valence-corrected chi connectivity index (χ4v) is 2.20. The van der Waals surface area contributed by atoms with Crippen molar-refractivity contribution in [3.05, 3.63) is 58.9 Å². The van der Waals surface area contributed by atoms with E-state index < -0.39 is 0 Å². The van der Waals surface area contributed by atoms with Crippen molar-refractivity contribution in [3.8, 4) is 0 Å². The monoisotopic (exact) mass is 271 g/mol. The molecule has 0 aliphatic rings. The number of hydrogen-bond acceptors (Lipinski definition) is 3. The van der Waals surface area contributed by atoms with Crippen LogP contribution in [0.2, 0.25) is 0 Å². The van der Waals surface area contributed by atoms with Gasteiger partial charge in [0.1, 0.15) is 0 Å². The van der Waals surface area contributed by atoms with Crippen molar-refractivity contribution in [2.24, 2.45) is 7.05 Å². The summed E-state index contributed by atoms with van der Waals surface area (Å²) >= 11 is 0. The fourth-order valence-electron chi connectivity index (χ4n) is 2.20. The predicted molar refractivity (Wildman–Crippen MR) is 76.0 cm³/mol. The van der Waals surface area contributed by atoms with Gasteiger partial charge in [0.2, 0.25) is 5.78 Å². The van der Waals surface area contributed by atoms with E-state index in [0.29, 0.717) is 23.4 Å². The van der Waals surface area contributed by atoms with Crippen LogP contribution in [0.1, 0.15) is 38.9 Å². The van der Waals surface area contributed by atoms with Crippen molar-refractivity contribution in [2.75, 3.05) is 7.11 Å². The van der Waals surface area contributed by atoms with Gasteiger partial charge in [0.05, 0.1) is 12.3 Å². The number of nitrogens with zero attached hydrogens (tertiary/aromatic N) is 1.